The number of rotatable bonds is 10. The van der Waals surface area contributed by atoms with Crippen LogP contribution in [-0.4, -0.2) is 116 Å². The number of hydrogen-bond donors (Lipinski definition) is 2. The molecule has 8 rings (SSSR count). The lowest BCUT2D eigenvalue weighted by molar-refractivity contribution is -0.0498. The van der Waals surface area contributed by atoms with Crippen LogP contribution in [0.4, 0.5) is 17.6 Å². The number of likely N-dealkylation sites (N-methyl/N-ethyl adjacent to an activating group) is 2. The summed E-state index contributed by atoms with van der Waals surface area (Å²) in [5.74, 6) is 1.72. The minimum Gasteiger partial charge on any atom is -0.497 e. The van der Waals surface area contributed by atoms with E-state index in [0.29, 0.717) is 31.1 Å². The maximum Gasteiger partial charge on any atom is 0.387 e. The number of hydrogen-bond acceptors (Lipinski definition) is 9. The summed E-state index contributed by atoms with van der Waals surface area (Å²) in [6, 6.07) is 23.3. The van der Waals surface area contributed by atoms with E-state index in [4.69, 9.17) is 18.9 Å². The van der Waals surface area contributed by atoms with E-state index >= 15 is 0 Å². The van der Waals surface area contributed by atoms with Crippen molar-refractivity contribution in [3.63, 3.8) is 0 Å². The Bertz CT molecular complexity index is 1990. The zero-order chi connectivity index (χ0) is 40.9. The second-order valence-electron chi connectivity index (χ2n) is 14.2. The molecule has 4 aromatic carbocycles. The van der Waals surface area contributed by atoms with Gasteiger partial charge in [-0.1, -0.05) is 31.2 Å². The van der Waals surface area contributed by atoms with Gasteiger partial charge in [-0.15, -0.1) is 0 Å². The summed E-state index contributed by atoms with van der Waals surface area (Å²) in [5.41, 5.74) is 7.66. The van der Waals surface area contributed by atoms with Gasteiger partial charge in [0.15, 0.2) is 0 Å². The van der Waals surface area contributed by atoms with E-state index in [0.717, 1.165) is 116 Å². The average molecular weight is 805 g/mol. The van der Waals surface area contributed by atoms with E-state index in [-0.39, 0.29) is 17.4 Å². The third-order valence-corrected chi connectivity index (χ3v) is 10.1. The van der Waals surface area contributed by atoms with E-state index in [2.05, 4.69) is 39.1 Å². The summed E-state index contributed by atoms with van der Waals surface area (Å²) in [5, 5.41) is 6.51. The largest absolute Gasteiger partial charge is 0.497 e. The Morgan fingerprint density at radius 3 is 1.76 bits per heavy atom. The van der Waals surface area contributed by atoms with Crippen molar-refractivity contribution in [1.82, 2.24) is 20.4 Å². The molecule has 4 aliphatic rings. The first-order chi connectivity index (χ1) is 28.2. The molecule has 0 bridgehead atoms. The lowest BCUT2D eigenvalue weighted by atomic mass is 9.90. The summed E-state index contributed by atoms with van der Waals surface area (Å²) in [6.07, 6.45) is 0. The first-order valence-corrected chi connectivity index (χ1v) is 19.6. The van der Waals surface area contributed by atoms with Gasteiger partial charge in [-0.05, 0) is 108 Å². The summed E-state index contributed by atoms with van der Waals surface area (Å²) in [7, 11) is 3.75. The van der Waals surface area contributed by atoms with Gasteiger partial charge in [0.05, 0.1) is 20.3 Å². The molecule has 4 aliphatic heterocycles. The van der Waals surface area contributed by atoms with Gasteiger partial charge >= 0.3 is 6.61 Å². The highest BCUT2D eigenvalue weighted by Gasteiger charge is 2.26. The highest BCUT2D eigenvalue weighted by molar-refractivity contribution is 5.88. The molecule has 0 unspecified atom stereocenters. The van der Waals surface area contributed by atoms with Crippen LogP contribution in [0.25, 0.3) is 11.1 Å². The van der Waals surface area contributed by atoms with Crippen molar-refractivity contribution < 1.29 is 41.2 Å². The Balaban J connectivity index is 0.000000174. The summed E-state index contributed by atoms with van der Waals surface area (Å²) in [4.78, 5) is 4.64. The predicted molar refractivity (Wildman–Crippen MR) is 218 cm³/mol. The standard InChI is InChI=1S/C22H23F3N2O2.C19H20FNO2.C4H9NO/c1-26-8-10-27(11-9-26)13-16-14-28-20-7-6-18(29-22(24)25)12-19(20)21(16)15-2-4-17(23)5-3-15;1-3-21-11-14-12-23-18-9-8-16(22-2)10-17(18)19(14)13-4-6-15(20)7-5-13;1-3-6-4-2-5-1/h2-7,12,22H,8-11,13-14H2,1H3;4-10,21H,3,11-12H2,1-2H3;5H,1-4H2. The van der Waals surface area contributed by atoms with Gasteiger partial charge in [-0.3, -0.25) is 4.90 Å². The molecule has 0 aliphatic carbocycles. The molecule has 2 fully saturated rings. The van der Waals surface area contributed by atoms with Crippen LogP contribution >= 0.6 is 0 Å². The van der Waals surface area contributed by atoms with Crippen molar-refractivity contribution in [2.75, 3.05) is 99.5 Å². The number of nitrogens with one attached hydrogen (secondary N) is 2. The first-order valence-electron chi connectivity index (χ1n) is 19.6. The molecular weight excluding hydrogens is 753 g/mol. The van der Waals surface area contributed by atoms with Gasteiger partial charge in [-0.2, -0.15) is 8.78 Å². The maximum absolute atomic E-state index is 13.5. The van der Waals surface area contributed by atoms with Crippen molar-refractivity contribution in [3.8, 4) is 23.0 Å². The predicted octanol–water partition coefficient (Wildman–Crippen LogP) is 7.11. The molecule has 0 aromatic heterocycles. The normalized spacial score (nSPS) is 16.8. The van der Waals surface area contributed by atoms with Crippen molar-refractivity contribution in [2.24, 2.45) is 0 Å². The quantitative estimate of drug-likeness (QED) is 0.163. The SMILES string of the molecule is C1COCCN1.CCNCC1=C(c2ccc(F)cc2)c2cc(OC)ccc2OC1.CN1CCN(CC2=C(c3ccc(F)cc3)c3cc(OC(F)F)ccc3OC2)CC1. The fourth-order valence-electron chi connectivity index (χ4n) is 7.10. The summed E-state index contributed by atoms with van der Waals surface area (Å²) < 4.78 is 79.0. The zero-order valence-corrected chi connectivity index (χ0v) is 33.3. The van der Waals surface area contributed by atoms with Crippen LogP contribution in [0.5, 0.6) is 23.0 Å². The van der Waals surface area contributed by atoms with Crippen LogP contribution in [-0.2, 0) is 4.74 Å². The molecule has 310 valence electrons. The molecule has 0 atom stereocenters. The summed E-state index contributed by atoms with van der Waals surface area (Å²) >= 11 is 0. The van der Waals surface area contributed by atoms with Crippen LogP contribution < -0.4 is 29.6 Å². The Labute approximate surface area is 338 Å². The zero-order valence-electron chi connectivity index (χ0n) is 33.3. The highest BCUT2D eigenvalue weighted by Crippen LogP contribution is 2.41. The van der Waals surface area contributed by atoms with Gasteiger partial charge in [0.1, 0.15) is 47.8 Å². The Morgan fingerprint density at radius 2 is 1.26 bits per heavy atom. The van der Waals surface area contributed by atoms with Crippen LogP contribution in [0.3, 0.4) is 0 Å². The van der Waals surface area contributed by atoms with Gasteiger partial charge in [0.2, 0.25) is 0 Å². The molecule has 58 heavy (non-hydrogen) atoms. The second-order valence-corrected chi connectivity index (χ2v) is 14.2. The third-order valence-electron chi connectivity index (χ3n) is 10.1. The number of benzene rings is 4. The Hall–Kier alpha value is -4.92. The van der Waals surface area contributed by atoms with Crippen LogP contribution in [0.1, 0.15) is 29.2 Å². The number of nitrogens with zero attached hydrogens (tertiary/aromatic N) is 2. The highest BCUT2D eigenvalue weighted by atomic mass is 19.3. The molecule has 4 heterocycles. The van der Waals surface area contributed by atoms with E-state index in [1.165, 1.54) is 30.3 Å². The van der Waals surface area contributed by atoms with Crippen LogP contribution in [0.15, 0.2) is 96.1 Å². The van der Waals surface area contributed by atoms with Crippen molar-refractivity contribution in [1.29, 1.82) is 0 Å². The third kappa shape index (κ3) is 11.6. The number of methoxy groups -OCH3 is 1. The minimum absolute atomic E-state index is 0.0720. The second kappa shape index (κ2) is 21.2. The topological polar surface area (TPSA) is 76.7 Å². The molecule has 13 heteroatoms. The number of halogens is 4. The smallest absolute Gasteiger partial charge is 0.387 e. The van der Waals surface area contributed by atoms with E-state index in [1.54, 1.807) is 31.4 Å². The van der Waals surface area contributed by atoms with Crippen LogP contribution in [0, 0.1) is 11.6 Å². The molecule has 2 saturated heterocycles. The monoisotopic (exact) mass is 804 g/mol. The van der Waals surface area contributed by atoms with Crippen LogP contribution in [0.2, 0.25) is 0 Å². The Kier molecular flexibility index (Phi) is 15.6. The van der Waals surface area contributed by atoms with Crippen molar-refractivity contribution >= 4 is 11.1 Å². The van der Waals surface area contributed by atoms with Gasteiger partial charge in [-0.25, -0.2) is 8.78 Å². The number of fused-ring (bicyclic) bond motifs is 2. The number of alkyl halides is 2. The van der Waals surface area contributed by atoms with Gasteiger partial charge < -0.3 is 39.2 Å². The lowest BCUT2D eigenvalue weighted by Gasteiger charge is -2.34. The van der Waals surface area contributed by atoms with E-state index < -0.39 is 6.61 Å². The maximum atomic E-state index is 13.5. The lowest BCUT2D eigenvalue weighted by Crippen LogP contribution is -2.45. The molecule has 0 amide bonds. The fraction of sp³-hybridized carbons (Fsp3) is 0.378. The molecule has 0 radical (unpaired) electrons. The summed E-state index contributed by atoms with van der Waals surface area (Å²) in [6.45, 7) is 10.1. The Morgan fingerprint density at radius 1 is 0.724 bits per heavy atom. The fourth-order valence-corrected chi connectivity index (χ4v) is 7.10. The van der Waals surface area contributed by atoms with E-state index in [1.807, 2.05) is 30.3 Å². The van der Waals surface area contributed by atoms with Gasteiger partial charge in [0.25, 0.3) is 0 Å². The number of ether oxygens (including phenoxy) is 5. The number of morpholine rings is 1. The van der Waals surface area contributed by atoms with Crippen molar-refractivity contribution in [2.45, 2.75) is 13.5 Å². The molecule has 0 saturated carbocycles. The molecule has 9 nitrogen and oxygen atoms in total. The average Bonchev–Trinajstić information content (AvgIpc) is 3.25. The molecule has 4 aromatic rings. The molecular formula is C45H52F4N4O5. The molecule has 0 spiro atoms. The number of piperazine rings is 1. The minimum atomic E-state index is -2.90. The van der Waals surface area contributed by atoms with Gasteiger partial charge in [0, 0.05) is 63.5 Å². The molecule has 2 N–H and O–H groups in total. The van der Waals surface area contributed by atoms with Crippen molar-refractivity contribution in [3.05, 3.63) is 130 Å². The van der Waals surface area contributed by atoms with E-state index in [9.17, 15) is 17.6 Å². The first kappa shape index (κ1) is 42.7.